The van der Waals surface area contributed by atoms with Gasteiger partial charge in [-0.2, -0.15) is 0 Å². The molecule has 1 fully saturated rings. The standard InChI is InChI=1S/C15H18N2O5/c1-10-5-6-12(9-13(10)17(20)21)15(19)22-11(2)14(18)16-7-3-4-8-16/h5-6,9,11H,3-4,7-8H2,1-2H3/t11-/m1/s1. The van der Waals surface area contributed by atoms with Crippen LogP contribution in [0.15, 0.2) is 18.2 Å². The van der Waals surface area contributed by atoms with Gasteiger partial charge in [0.05, 0.1) is 10.5 Å². The Morgan fingerprint density at radius 3 is 2.55 bits per heavy atom. The number of amides is 1. The van der Waals surface area contributed by atoms with Gasteiger partial charge in [0, 0.05) is 24.7 Å². The minimum Gasteiger partial charge on any atom is -0.449 e. The van der Waals surface area contributed by atoms with Crippen molar-refractivity contribution in [3.8, 4) is 0 Å². The number of aryl methyl sites for hydroxylation is 1. The number of likely N-dealkylation sites (tertiary alicyclic amines) is 1. The summed E-state index contributed by atoms with van der Waals surface area (Å²) in [4.78, 5) is 36.1. The molecule has 0 saturated carbocycles. The lowest BCUT2D eigenvalue weighted by Gasteiger charge is -2.20. The second kappa shape index (κ2) is 6.55. The number of nitro groups is 1. The molecule has 0 aliphatic carbocycles. The average molecular weight is 306 g/mol. The second-order valence-electron chi connectivity index (χ2n) is 5.34. The first-order valence-electron chi connectivity index (χ1n) is 7.15. The summed E-state index contributed by atoms with van der Waals surface area (Å²) < 4.78 is 5.13. The molecule has 1 saturated heterocycles. The van der Waals surface area contributed by atoms with Crippen LogP contribution in [-0.2, 0) is 9.53 Å². The summed E-state index contributed by atoms with van der Waals surface area (Å²) in [6.07, 6.45) is 1.01. The molecule has 22 heavy (non-hydrogen) atoms. The summed E-state index contributed by atoms with van der Waals surface area (Å²) in [5.41, 5.74) is 0.383. The van der Waals surface area contributed by atoms with Crippen LogP contribution in [0, 0.1) is 17.0 Å². The van der Waals surface area contributed by atoms with E-state index in [1.165, 1.54) is 25.1 Å². The van der Waals surface area contributed by atoms with Crippen molar-refractivity contribution < 1.29 is 19.2 Å². The number of esters is 1. The van der Waals surface area contributed by atoms with E-state index in [4.69, 9.17) is 4.74 Å². The third-order valence-corrected chi connectivity index (χ3v) is 3.69. The van der Waals surface area contributed by atoms with Crippen LogP contribution in [0.1, 0.15) is 35.7 Å². The van der Waals surface area contributed by atoms with Gasteiger partial charge in [-0.1, -0.05) is 6.07 Å². The summed E-state index contributed by atoms with van der Waals surface area (Å²) in [5.74, 6) is -0.962. The highest BCUT2D eigenvalue weighted by atomic mass is 16.6. The molecule has 1 aromatic carbocycles. The van der Waals surface area contributed by atoms with Crippen LogP contribution in [0.4, 0.5) is 5.69 Å². The lowest BCUT2D eigenvalue weighted by atomic mass is 10.1. The smallest absolute Gasteiger partial charge is 0.339 e. The van der Waals surface area contributed by atoms with Crippen LogP contribution in [0.2, 0.25) is 0 Å². The number of rotatable bonds is 4. The molecule has 1 heterocycles. The number of nitrogens with zero attached hydrogens (tertiary/aromatic N) is 2. The van der Waals surface area contributed by atoms with Gasteiger partial charge in [0.2, 0.25) is 0 Å². The van der Waals surface area contributed by atoms with Crippen molar-refractivity contribution in [3.05, 3.63) is 39.4 Å². The van der Waals surface area contributed by atoms with E-state index in [0.29, 0.717) is 18.7 Å². The first-order valence-corrected chi connectivity index (χ1v) is 7.15. The first-order chi connectivity index (χ1) is 10.4. The minimum absolute atomic E-state index is 0.0679. The van der Waals surface area contributed by atoms with Crippen molar-refractivity contribution in [1.29, 1.82) is 0 Å². The van der Waals surface area contributed by atoms with Crippen LogP contribution < -0.4 is 0 Å². The zero-order valence-electron chi connectivity index (χ0n) is 12.6. The maximum atomic E-state index is 12.1. The van der Waals surface area contributed by atoms with Crippen molar-refractivity contribution in [1.82, 2.24) is 4.90 Å². The lowest BCUT2D eigenvalue weighted by molar-refractivity contribution is -0.385. The second-order valence-corrected chi connectivity index (χ2v) is 5.34. The van der Waals surface area contributed by atoms with Gasteiger partial charge in [-0.15, -0.1) is 0 Å². The molecule has 0 radical (unpaired) electrons. The molecule has 0 spiro atoms. The van der Waals surface area contributed by atoms with Crippen LogP contribution in [0.3, 0.4) is 0 Å². The minimum atomic E-state index is -0.897. The lowest BCUT2D eigenvalue weighted by Crippen LogP contribution is -2.38. The van der Waals surface area contributed by atoms with E-state index in [1.807, 2.05) is 0 Å². The van der Waals surface area contributed by atoms with Gasteiger partial charge in [0.25, 0.3) is 11.6 Å². The van der Waals surface area contributed by atoms with Crippen molar-refractivity contribution in [2.24, 2.45) is 0 Å². The first kappa shape index (κ1) is 15.9. The van der Waals surface area contributed by atoms with E-state index < -0.39 is 17.0 Å². The fraction of sp³-hybridized carbons (Fsp3) is 0.467. The van der Waals surface area contributed by atoms with Crippen LogP contribution in [-0.4, -0.2) is 40.9 Å². The molecule has 0 unspecified atom stereocenters. The highest BCUT2D eigenvalue weighted by molar-refractivity contribution is 5.93. The molecule has 118 valence electrons. The summed E-state index contributed by atoms with van der Waals surface area (Å²) in [6, 6.07) is 4.12. The molecule has 0 aromatic heterocycles. The Kier molecular flexibility index (Phi) is 4.75. The highest BCUT2D eigenvalue weighted by Gasteiger charge is 2.26. The van der Waals surface area contributed by atoms with Gasteiger partial charge >= 0.3 is 5.97 Å². The van der Waals surface area contributed by atoms with Crippen LogP contribution in [0.5, 0.6) is 0 Å². The number of benzene rings is 1. The Balaban J connectivity index is 2.07. The topological polar surface area (TPSA) is 89.8 Å². The van der Waals surface area contributed by atoms with Gasteiger partial charge in [0.1, 0.15) is 0 Å². The molecule has 7 nitrogen and oxygen atoms in total. The fourth-order valence-electron chi connectivity index (χ4n) is 2.41. The molecule has 7 heteroatoms. The summed E-state index contributed by atoms with van der Waals surface area (Å²) in [7, 11) is 0. The molecule has 1 amide bonds. The molecule has 2 rings (SSSR count). The monoisotopic (exact) mass is 306 g/mol. The van der Waals surface area contributed by atoms with E-state index in [1.54, 1.807) is 11.8 Å². The Morgan fingerprint density at radius 1 is 1.32 bits per heavy atom. The van der Waals surface area contributed by atoms with Gasteiger partial charge in [-0.05, 0) is 32.8 Å². The third kappa shape index (κ3) is 3.41. The van der Waals surface area contributed by atoms with E-state index >= 15 is 0 Å². The number of nitro benzene ring substituents is 1. The maximum Gasteiger partial charge on any atom is 0.339 e. The molecule has 0 bridgehead atoms. The molecule has 0 N–H and O–H groups in total. The van der Waals surface area contributed by atoms with Crippen molar-refractivity contribution in [3.63, 3.8) is 0 Å². The van der Waals surface area contributed by atoms with E-state index in [0.717, 1.165) is 12.8 Å². The molecular weight excluding hydrogens is 288 g/mol. The van der Waals surface area contributed by atoms with Gasteiger partial charge in [0.15, 0.2) is 6.10 Å². The van der Waals surface area contributed by atoms with Crippen LogP contribution in [0.25, 0.3) is 0 Å². The van der Waals surface area contributed by atoms with Crippen molar-refractivity contribution in [2.75, 3.05) is 13.1 Å². The normalized spacial score (nSPS) is 15.5. The van der Waals surface area contributed by atoms with Gasteiger partial charge in [-0.3, -0.25) is 14.9 Å². The van der Waals surface area contributed by atoms with Gasteiger partial charge in [-0.25, -0.2) is 4.79 Å². The number of carbonyl (C=O) groups is 2. The summed E-state index contributed by atoms with van der Waals surface area (Å²) in [5, 5.41) is 10.9. The largest absolute Gasteiger partial charge is 0.449 e. The van der Waals surface area contributed by atoms with E-state index in [2.05, 4.69) is 0 Å². The molecule has 1 aliphatic heterocycles. The maximum absolute atomic E-state index is 12.1. The molecule has 1 aromatic rings. The van der Waals surface area contributed by atoms with Gasteiger partial charge < -0.3 is 9.64 Å². The number of hydrogen-bond acceptors (Lipinski definition) is 5. The number of hydrogen-bond donors (Lipinski definition) is 0. The number of carbonyl (C=O) groups excluding carboxylic acids is 2. The predicted octanol–water partition coefficient (Wildman–Crippen LogP) is 2.07. The molecule has 1 atom stereocenters. The van der Waals surface area contributed by atoms with E-state index in [-0.39, 0.29) is 17.2 Å². The Morgan fingerprint density at radius 2 is 1.95 bits per heavy atom. The summed E-state index contributed by atoms with van der Waals surface area (Å²) >= 11 is 0. The Labute approximate surface area is 128 Å². The highest BCUT2D eigenvalue weighted by Crippen LogP contribution is 2.20. The zero-order valence-corrected chi connectivity index (χ0v) is 12.6. The Hall–Kier alpha value is -2.44. The Bertz CT molecular complexity index is 608. The summed E-state index contributed by atoms with van der Waals surface area (Å²) in [6.45, 7) is 4.46. The third-order valence-electron chi connectivity index (χ3n) is 3.69. The van der Waals surface area contributed by atoms with E-state index in [9.17, 15) is 19.7 Å². The van der Waals surface area contributed by atoms with Crippen LogP contribution >= 0.6 is 0 Å². The van der Waals surface area contributed by atoms with Crippen molar-refractivity contribution >= 4 is 17.6 Å². The fourth-order valence-corrected chi connectivity index (χ4v) is 2.41. The molecule has 1 aliphatic rings. The van der Waals surface area contributed by atoms with Crippen molar-refractivity contribution in [2.45, 2.75) is 32.8 Å². The quantitative estimate of drug-likeness (QED) is 0.482. The SMILES string of the molecule is Cc1ccc(C(=O)O[C@H](C)C(=O)N2CCCC2)cc1[N+](=O)[O-]. The average Bonchev–Trinajstić information content (AvgIpc) is 3.00. The molecular formula is C15H18N2O5. The predicted molar refractivity (Wildman–Crippen MR) is 78.5 cm³/mol. The number of ether oxygens (including phenoxy) is 1. The zero-order chi connectivity index (χ0) is 16.3.